The summed E-state index contributed by atoms with van der Waals surface area (Å²) in [6.45, 7) is 1.84. The van der Waals surface area contributed by atoms with Gasteiger partial charge in [0.1, 0.15) is 17.2 Å². The molecule has 1 atom stereocenters. The summed E-state index contributed by atoms with van der Waals surface area (Å²) in [5, 5.41) is 3.20. The molecule has 1 fully saturated rings. The molecule has 0 bridgehead atoms. The predicted octanol–water partition coefficient (Wildman–Crippen LogP) is 4.63. The lowest BCUT2D eigenvalue weighted by atomic mass is 10.2. The summed E-state index contributed by atoms with van der Waals surface area (Å²) in [6, 6.07) is 14.9. The summed E-state index contributed by atoms with van der Waals surface area (Å²) < 4.78 is 10.6. The molecule has 0 spiro atoms. The molecule has 4 rings (SSSR count). The lowest BCUT2D eigenvalue weighted by molar-refractivity contribution is -0.121. The SMILES string of the molecule is COc1ccc(/C=C2\N=C(SC(C)C(=O)NC3CCCC3)N(c3cccc(OC)c3)C2=O)cc1. The van der Waals surface area contributed by atoms with E-state index in [1.165, 1.54) is 11.8 Å². The standard InChI is InChI=1S/C26H29N3O4S/c1-17(24(30)27-19-7-4-5-8-19)34-26-28-23(15-18-11-13-21(32-2)14-12-18)25(31)29(26)20-9-6-10-22(16-20)33-3/h6,9-17,19H,4-5,7-8H2,1-3H3,(H,27,30)/b23-15-. The molecule has 178 valence electrons. The van der Waals surface area contributed by atoms with Crippen molar-refractivity contribution in [2.75, 3.05) is 19.1 Å². The van der Waals surface area contributed by atoms with Gasteiger partial charge in [0.05, 0.1) is 25.2 Å². The van der Waals surface area contributed by atoms with Crippen molar-refractivity contribution in [1.29, 1.82) is 0 Å². The van der Waals surface area contributed by atoms with E-state index in [0.29, 0.717) is 22.3 Å². The van der Waals surface area contributed by atoms with E-state index in [2.05, 4.69) is 10.3 Å². The first-order chi connectivity index (χ1) is 16.5. The summed E-state index contributed by atoms with van der Waals surface area (Å²) in [6.07, 6.45) is 6.08. The maximum absolute atomic E-state index is 13.4. The van der Waals surface area contributed by atoms with Crippen LogP contribution in [0.5, 0.6) is 11.5 Å². The monoisotopic (exact) mass is 479 g/mol. The fraction of sp³-hybridized carbons (Fsp3) is 0.346. The summed E-state index contributed by atoms with van der Waals surface area (Å²) in [5.41, 5.74) is 1.77. The van der Waals surface area contributed by atoms with Crippen molar-refractivity contribution in [1.82, 2.24) is 5.32 Å². The Kier molecular flexibility index (Phi) is 7.57. The Morgan fingerprint density at radius 2 is 1.82 bits per heavy atom. The second-order valence-electron chi connectivity index (χ2n) is 8.29. The molecule has 8 heteroatoms. The van der Waals surface area contributed by atoms with Gasteiger partial charge in [-0.05, 0) is 55.7 Å². The normalized spacial score (nSPS) is 18.2. The Bertz CT molecular complexity index is 1110. The highest BCUT2D eigenvalue weighted by atomic mass is 32.2. The summed E-state index contributed by atoms with van der Waals surface area (Å²) >= 11 is 1.28. The van der Waals surface area contributed by atoms with E-state index in [4.69, 9.17) is 9.47 Å². The molecule has 1 saturated carbocycles. The van der Waals surface area contributed by atoms with Gasteiger partial charge in [0.2, 0.25) is 5.91 Å². The quantitative estimate of drug-likeness (QED) is 0.586. The molecule has 1 unspecified atom stereocenters. The second-order valence-corrected chi connectivity index (χ2v) is 9.60. The Balaban J connectivity index is 1.61. The topological polar surface area (TPSA) is 80.2 Å². The van der Waals surface area contributed by atoms with Crippen LogP contribution in [0.3, 0.4) is 0 Å². The third-order valence-corrected chi connectivity index (χ3v) is 6.97. The number of nitrogens with one attached hydrogen (secondary N) is 1. The van der Waals surface area contributed by atoms with Crippen LogP contribution in [0, 0.1) is 0 Å². The van der Waals surface area contributed by atoms with E-state index >= 15 is 0 Å². The van der Waals surface area contributed by atoms with E-state index < -0.39 is 5.25 Å². The molecular formula is C26H29N3O4S. The minimum Gasteiger partial charge on any atom is -0.497 e. The molecule has 2 amide bonds. The van der Waals surface area contributed by atoms with Gasteiger partial charge < -0.3 is 14.8 Å². The smallest absolute Gasteiger partial charge is 0.283 e. The number of rotatable bonds is 7. The van der Waals surface area contributed by atoms with Crippen molar-refractivity contribution in [3.63, 3.8) is 0 Å². The zero-order valence-electron chi connectivity index (χ0n) is 19.6. The molecule has 1 heterocycles. The number of amides is 2. The summed E-state index contributed by atoms with van der Waals surface area (Å²) in [7, 11) is 3.19. The number of carbonyl (C=O) groups is 2. The van der Waals surface area contributed by atoms with Gasteiger partial charge in [-0.25, -0.2) is 4.99 Å². The van der Waals surface area contributed by atoms with Crippen LogP contribution in [0.25, 0.3) is 6.08 Å². The van der Waals surface area contributed by atoms with Crippen LogP contribution < -0.4 is 19.7 Å². The van der Waals surface area contributed by atoms with Gasteiger partial charge in [0.15, 0.2) is 5.17 Å². The highest BCUT2D eigenvalue weighted by Gasteiger charge is 2.34. The predicted molar refractivity (Wildman–Crippen MR) is 136 cm³/mol. The van der Waals surface area contributed by atoms with Crippen LogP contribution in [0.15, 0.2) is 59.2 Å². The van der Waals surface area contributed by atoms with Gasteiger partial charge in [-0.15, -0.1) is 0 Å². The maximum Gasteiger partial charge on any atom is 0.283 e. The average Bonchev–Trinajstić information content (AvgIpc) is 3.47. The molecule has 2 aromatic rings. The number of methoxy groups -OCH3 is 2. The van der Waals surface area contributed by atoms with Crippen molar-refractivity contribution < 1.29 is 19.1 Å². The fourth-order valence-electron chi connectivity index (χ4n) is 4.01. The van der Waals surface area contributed by atoms with Crippen LogP contribution in [0.4, 0.5) is 5.69 Å². The molecule has 34 heavy (non-hydrogen) atoms. The molecule has 0 aromatic heterocycles. The van der Waals surface area contributed by atoms with Gasteiger partial charge in [-0.2, -0.15) is 0 Å². The van der Waals surface area contributed by atoms with Crippen molar-refractivity contribution in [2.45, 2.75) is 43.9 Å². The van der Waals surface area contributed by atoms with E-state index in [1.54, 1.807) is 31.3 Å². The van der Waals surface area contributed by atoms with Crippen LogP contribution >= 0.6 is 11.8 Å². The third kappa shape index (κ3) is 5.44. The van der Waals surface area contributed by atoms with Crippen molar-refractivity contribution >= 4 is 40.5 Å². The first kappa shape index (κ1) is 23.9. The number of hydrogen-bond acceptors (Lipinski definition) is 6. The van der Waals surface area contributed by atoms with Crippen molar-refractivity contribution in [2.24, 2.45) is 4.99 Å². The second kappa shape index (κ2) is 10.8. The minimum atomic E-state index is -0.402. The molecule has 0 radical (unpaired) electrons. The number of benzene rings is 2. The molecule has 1 aliphatic heterocycles. The Hall–Kier alpha value is -3.26. The van der Waals surface area contributed by atoms with Crippen LogP contribution in [-0.4, -0.2) is 42.5 Å². The van der Waals surface area contributed by atoms with Crippen LogP contribution in [-0.2, 0) is 9.59 Å². The van der Waals surface area contributed by atoms with Crippen molar-refractivity contribution in [3.05, 3.63) is 59.8 Å². The molecule has 7 nitrogen and oxygen atoms in total. The summed E-state index contributed by atoms with van der Waals surface area (Å²) in [5.74, 6) is 1.08. The summed E-state index contributed by atoms with van der Waals surface area (Å²) in [4.78, 5) is 32.4. The third-order valence-electron chi connectivity index (χ3n) is 5.91. The molecule has 1 aliphatic carbocycles. The van der Waals surface area contributed by atoms with E-state index in [0.717, 1.165) is 37.0 Å². The Morgan fingerprint density at radius 3 is 2.50 bits per heavy atom. The zero-order chi connectivity index (χ0) is 24.1. The molecule has 2 aromatic carbocycles. The van der Waals surface area contributed by atoms with E-state index in [-0.39, 0.29) is 17.9 Å². The van der Waals surface area contributed by atoms with Crippen molar-refractivity contribution in [3.8, 4) is 11.5 Å². The number of hydrogen-bond donors (Lipinski definition) is 1. The van der Waals surface area contributed by atoms with E-state index in [1.807, 2.05) is 49.4 Å². The number of thioether (sulfide) groups is 1. The lowest BCUT2D eigenvalue weighted by Crippen LogP contribution is -2.39. The van der Waals surface area contributed by atoms with Gasteiger partial charge in [-0.3, -0.25) is 14.5 Å². The minimum absolute atomic E-state index is 0.0368. The van der Waals surface area contributed by atoms with E-state index in [9.17, 15) is 9.59 Å². The fourth-order valence-corrected chi connectivity index (χ4v) is 4.95. The first-order valence-corrected chi connectivity index (χ1v) is 12.3. The largest absolute Gasteiger partial charge is 0.497 e. The highest BCUT2D eigenvalue weighted by molar-refractivity contribution is 8.15. The zero-order valence-corrected chi connectivity index (χ0v) is 20.4. The average molecular weight is 480 g/mol. The molecule has 1 N–H and O–H groups in total. The number of amidine groups is 1. The van der Waals surface area contributed by atoms with Gasteiger partial charge in [-0.1, -0.05) is 42.8 Å². The number of aliphatic imine (C=N–C) groups is 1. The lowest BCUT2D eigenvalue weighted by Gasteiger charge is -2.21. The van der Waals surface area contributed by atoms with Gasteiger partial charge in [0.25, 0.3) is 5.91 Å². The number of nitrogens with zero attached hydrogens (tertiary/aromatic N) is 2. The van der Waals surface area contributed by atoms with Gasteiger partial charge >= 0.3 is 0 Å². The van der Waals surface area contributed by atoms with Gasteiger partial charge in [0, 0.05) is 12.1 Å². The number of carbonyl (C=O) groups excluding carboxylic acids is 2. The first-order valence-electron chi connectivity index (χ1n) is 11.4. The number of ether oxygens (including phenoxy) is 2. The number of anilines is 1. The highest BCUT2D eigenvalue weighted by Crippen LogP contribution is 2.33. The molecule has 0 saturated heterocycles. The van der Waals surface area contributed by atoms with Crippen LogP contribution in [0.2, 0.25) is 0 Å². The molecule has 2 aliphatic rings. The Morgan fingerprint density at radius 1 is 1.12 bits per heavy atom. The van der Waals surface area contributed by atoms with Crippen LogP contribution in [0.1, 0.15) is 38.2 Å². The molecular weight excluding hydrogens is 450 g/mol. The maximum atomic E-state index is 13.4. The Labute approximate surface area is 204 Å².